The molecule has 0 saturated carbocycles. The van der Waals surface area contributed by atoms with Crippen molar-refractivity contribution < 1.29 is 14.3 Å². The molecule has 1 aliphatic carbocycles. The Hall–Kier alpha value is -2.87. The SMILES string of the molecule is COc1ccc(OC)c(CCn2cnc3sc4c(c3c2=O)CC[C@@H](C(=O)N(C)C)C4)c1. The maximum absolute atomic E-state index is 13.3. The number of hydrogen-bond donors (Lipinski definition) is 0. The highest BCUT2D eigenvalue weighted by Gasteiger charge is 2.29. The molecule has 1 aromatic carbocycles. The van der Waals surface area contributed by atoms with Crippen LogP contribution in [0.5, 0.6) is 11.5 Å². The number of hydrogen-bond acceptors (Lipinski definition) is 6. The van der Waals surface area contributed by atoms with Gasteiger partial charge in [-0.25, -0.2) is 4.98 Å². The summed E-state index contributed by atoms with van der Waals surface area (Å²) >= 11 is 1.55. The van der Waals surface area contributed by atoms with E-state index in [2.05, 4.69) is 4.98 Å². The first-order valence-electron chi connectivity index (χ1n) is 10.3. The number of rotatable bonds is 6. The van der Waals surface area contributed by atoms with Gasteiger partial charge in [-0.1, -0.05) is 0 Å². The number of carbonyl (C=O) groups excluding carboxylic acids is 1. The zero-order valence-corrected chi connectivity index (χ0v) is 19.1. The van der Waals surface area contributed by atoms with Crippen molar-refractivity contribution in [3.05, 3.63) is 50.9 Å². The molecule has 0 unspecified atom stereocenters. The van der Waals surface area contributed by atoms with E-state index >= 15 is 0 Å². The van der Waals surface area contributed by atoms with Crippen molar-refractivity contribution in [1.82, 2.24) is 14.5 Å². The maximum atomic E-state index is 13.3. The van der Waals surface area contributed by atoms with Crippen molar-refractivity contribution in [3.63, 3.8) is 0 Å². The summed E-state index contributed by atoms with van der Waals surface area (Å²) in [6, 6.07) is 5.66. The van der Waals surface area contributed by atoms with Gasteiger partial charge in [0.2, 0.25) is 5.91 Å². The summed E-state index contributed by atoms with van der Waals surface area (Å²) in [6.07, 6.45) is 4.45. The Kier molecular flexibility index (Phi) is 6.00. The molecule has 0 fully saturated rings. The van der Waals surface area contributed by atoms with E-state index in [1.807, 2.05) is 18.2 Å². The van der Waals surface area contributed by atoms with Gasteiger partial charge in [-0.15, -0.1) is 11.3 Å². The summed E-state index contributed by atoms with van der Waals surface area (Å²) in [6.45, 7) is 0.498. The third kappa shape index (κ3) is 4.04. The molecule has 0 radical (unpaired) electrons. The lowest BCUT2D eigenvalue weighted by Crippen LogP contribution is -2.33. The molecule has 1 atom stereocenters. The number of amides is 1. The molecule has 7 nitrogen and oxygen atoms in total. The highest BCUT2D eigenvalue weighted by Crippen LogP contribution is 2.36. The number of ether oxygens (including phenoxy) is 2. The number of benzene rings is 1. The minimum absolute atomic E-state index is 0.0123. The lowest BCUT2D eigenvalue weighted by atomic mass is 9.87. The normalized spacial score (nSPS) is 15.5. The van der Waals surface area contributed by atoms with Gasteiger partial charge < -0.3 is 14.4 Å². The Morgan fingerprint density at radius 1 is 1.29 bits per heavy atom. The van der Waals surface area contributed by atoms with Crippen molar-refractivity contribution in [2.75, 3.05) is 28.3 Å². The first kappa shape index (κ1) is 21.4. The molecular formula is C23H27N3O4S. The second kappa shape index (κ2) is 8.70. The monoisotopic (exact) mass is 441 g/mol. The van der Waals surface area contributed by atoms with E-state index in [1.54, 1.807) is 55.4 Å². The van der Waals surface area contributed by atoms with Gasteiger partial charge in [0.25, 0.3) is 5.56 Å². The molecule has 0 spiro atoms. The predicted molar refractivity (Wildman–Crippen MR) is 121 cm³/mol. The lowest BCUT2D eigenvalue weighted by molar-refractivity contribution is -0.133. The van der Waals surface area contributed by atoms with E-state index in [0.717, 1.165) is 50.6 Å². The summed E-state index contributed by atoms with van der Waals surface area (Å²) in [5, 5.41) is 0.718. The third-order valence-electron chi connectivity index (χ3n) is 5.94. The molecule has 0 N–H and O–H groups in total. The largest absolute Gasteiger partial charge is 0.497 e. The highest BCUT2D eigenvalue weighted by atomic mass is 32.1. The van der Waals surface area contributed by atoms with Gasteiger partial charge in [0.1, 0.15) is 16.3 Å². The van der Waals surface area contributed by atoms with E-state index in [9.17, 15) is 9.59 Å². The molecular weight excluding hydrogens is 414 g/mol. The second-order valence-electron chi connectivity index (χ2n) is 8.03. The molecule has 0 saturated heterocycles. The molecule has 164 valence electrons. The van der Waals surface area contributed by atoms with Crippen molar-refractivity contribution in [2.45, 2.75) is 32.2 Å². The van der Waals surface area contributed by atoms with Crippen LogP contribution < -0.4 is 15.0 Å². The molecule has 0 aliphatic heterocycles. The van der Waals surface area contributed by atoms with Crippen molar-refractivity contribution in [3.8, 4) is 11.5 Å². The van der Waals surface area contributed by atoms with Crippen molar-refractivity contribution >= 4 is 27.5 Å². The van der Waals surface area contributed by atoms with Gasteiger partial charge in [-0.3, -0.25) is 14.2 Å². The minimum Gasteiger partial charge on any atom is -0.497 e. The first-order valence-corrected chi connectivity index (χ1v) is 11.2. The smallest absolute Gasteiger partial charge is 0.262 e. The number of nitrogens with zero attached hydrogens (tertiary/aromatic N) is 3. The third-order valence-corrected chi connectivity index (χ3v) is 7.10. The van der Waals surface area contributed by atoms with E-state index in [0.29, 0.717) is 19.4 Å². The van der Waals surface area contributed by atoms with Crippen LogP contribution in [0.2, 0.25) is 0 Å². The standard InChI is InChI=1S/C23H27N3O4S/c1-25(2)22(27)15-5-7-17-19(12-15)31-21-20(17)23(28)26(13-24-21)10-9-14-11-16(29-3)6-8-18(14)30-4/h6,8,11,13,15H,5,7,9-10,12H2,1-4H3/t15-/m1/s1. The number of methoxy groups -OCH3 is 2. The van der Waals surface area contributed by atoms with Crippen LogP contribution in [0.25, 0.3) is 10.2 Å². The quantitative estimate of drug-likeness (QED) is 0.588. The number of thiophene rings is 1. The summed E-state index contributed by atoms with van der Waals surface area (Å²) < 4.78 is 12.4. The fraction of sp³-hybridized carbons (Fsp3) is 0.435. The average molecular weight is 442 g/mol. The molecule has 31 heavy (non-hydrogen) atoms. The van der Waals surface area contributed by atoms with Crippen LogP contribution in [0.4, 0.5) is 0 Å². The number of aromatic nitrogens is 2. The van der Waals surface area contributed by atoms with Crippen LogP contribution in [0.3, 0.4) is 0 Å². The number of fused-ring (bicyclic) bond motifs is 3. The van der Waals surface area contributed by atoms with Crippen molar-refractivity contribution in [1.29, 1.82) is 0 Å². The van der Waals surface area contributed by atoms with Gasteiger partial charge >= 0.3 is 0 Å². The van der Waals surface area contributed by atoms with Crippen LogP contribution in [-0.4, -0.2) is 48.7 Å². The van der Waals surface area contributed by atoms with Crippen molar-refractivity contribution in [2.24, 2.45) is 5.92 Å². The molecule has 2 heterocycles. The number of carbonyl (C=O) groups is 1. The molecule has 8 heteroatoms. The summed E-state index contributed by atoms with van der Waals surface area (Å²) in [5.74, 6) is 1.66. The van der Waals surface area contributed by atoms with Crippen LogP contribution >= 0.6 is 11.3 Å². The van der Waals surface area contributed by atoms with Crippen LogP contribution in [0, 0.1) is 5.92 Å². The second-order valence-corrected chi connectivity index (χ2v) is 9.11. The molecule has 1 aliphatic rings. The Labute approximate surface area is 185 Å². The molecule has 2 aromatic heterocycles. The fourth-order valence-corrected chi connectivity index (χ4v) is 5.51. The Morgan fingerprint density at radius 3 is 2.81 bits per heavy atom. The van der Waals surface area contributed by atoms with E-state index in [-0.39, 0.29) is 17.4 Å². The Bertz CT molecular complexity index is 1180. The van der Waals surface area contributed by atoms with E-state index < -0.39 is 0 Å². The predicted octanol–water partition coefficient (Wildman–Crippen LogP) is 2.91. The molecule has 0 bridgehead atoms. The van der Waals surface area contributed by atoms with Crippen LogP contribution in [-0.2, 0) is 30.6 Å². The van der Waals surface area contributed by atoms with Crippen LogP contribution in [0.15, 0.2) is 29.3 Å². The zero-order valence-electron chi connectivity index (χ0n) is 18.3. The zero-order chi connectivity index (χ0) is 22.1. The minimum atomic E-state index is -0.0155. The fourth-order valence-electron chi connectivity index (χ4n) is 4.25. The Balaban J connectivity index is 1.61. The summed E-state index contributed by atoms with van der Waals surface area (Å²) in [5.41, 5.74) is 2.04. The van der Waals surface area contributed by atoms with E-state index in [4.69, 9.17) is 9.47 Å². The molecule has 1 amide bonds. The van der Waals surface area contributed by atoms with Gasteiger partial charge in [-0.2, -0.15) is 0 Å². The maximum Gasteiger partial charge on any atom is 0.262 e. The van der Waals surface area contributed by atoms with Gasteiger partial charge in [0.15, 0.2) is 0 Å². The topological polar surface area (TPSA) is 73.7 Å². The number of aryl methyl sites for hydroxylation is 3. The van der Waals surface area contributed by atoms with Gasteiger partial charge in [0, 0.05) is 31.4 Å². The first-order chi connectivity index (χ1) is 14.9. The summed E-state index contributed by atoms with van der Waals surface area (Å²) in [7, 11) is 6.85. The molecule has 4 rings (SSSR count). The Morgan fingerprint density at radius 2 is 2.10 bits per heavy atom. The van der Waals surface area contributed by atoms with Crippen LogP contribution in [0.1, 0.15) is 22.4 Å². The van der Waals surface area contributed by atoms with Gasteiger partial charge in [0.05, 0.1) is 25.9 Å². The van der Waals surface area contributed by atoms with E-state index in [1.165, 1.54) is 0 Å². The lowest BCUT2D eigenvalue weighted by Gasteiger charge is -2.24. The summed E-state index contributed by atoms with van der Waals surface area (Å²) in [4.78, 5) is 33.8. The van der Waals surface area contributed by atoms with Gasteiger partial charge in [-0.05, 0) is 55.0 Å². The highest BCUT2D eigenvalue weighted by molar-refractivity contribution is 7.18. The molecule has 3 aromatic rings. The average Bonchev–Trinajstić information content (AvgIpc) is 3.16.